The van der Waals surface area contributed by atoms with Crippen LogP contribution in [0, 0.1) is 10.8 Å². The maximum Gasteiger partial charge on any atom is 0.573 e. The number of aliphatic hydroxyl groups excluding tert-OH is 1. The third-order valence-corrected chi connectivity index (χ3v) is 6.58. The molecule has 16 heteroatoms. The van der Waals surface area contributed by atoms with Gasteiger partial charge in [-0.2, -0.15) is 0 Å². The van der Waals surface area contributed by atoms with E-state index in [1.807, 2.05) is 0 Å². The summed E-state index contributed by atoms with van der Waals surface area (Å²) in [5.74, 6) is -3.02. The van der Waals surface area contributed by atoms with Crippen LogP contribution in [0.3, 0.4) is 0 Å². The molecule has 0 bridgehead atoms. The van der Waals surface area contributed by atoms with Crippen molar-refractivity contribution in [2.45, 2.75) is 37.0 Å². The van der Waals surface area contributed by atoms with Gasteiger partial charge in [0.1, 0.15) is 11.8 Å². The van der Waals surface area contributed by atoms with E-state index in [0.29, 0.717) is 0 Å². The summed E-state index contributed by atoms with van der Waals surface area (Å²) in [6.45, 7) is -0.321. The molecule has 1 aromatic rings. The molecule has 2 unspecified atom stereocenters. The minimum absolute atomic E-state index is 0.0540. The average molecular weight is 522 g/mol. The maximum absolute atomic E-state index is 12.8. The smallest absolute Gasteiger partial charge is 0.506 e. The number of aliphatic hydroxyl groups is 1. The van der Waals surface area contributed by atoms with Gasteiger partial charge in [-0.1, -0.05) is 6.07 Å². The third kappa shape index (κ3) is 4.03. The number of alkyl halides is 3. The highest BCUT2D eigenvalue weighted by Gasteiger charge is 2.64. The second-order valence-electron chi connectivity index (χ2n) is 8.83. The Balaban J connectivity index is 1.42. The number of carbonyl (C=O) groups excluding carboxylic acids is 3. The molecule has 4 aliphatic rings. The van der Waals surface area contributed by atoms with Crippen molar-refractivity contribution < 1.29 is 37.4 Å². The third-order valence-electron chi connectivity index (χ3n) is 6.58. The van der Waals surface area contributed by atoms with Gasteiger partial charge in [0.15, 0.2) is 23.3 Å². The van der Waals surface area contributed by atoms with Crippen LogP contribution in [0.5, 0.6) is 5.75 Å². The highest BCUT2D eigenvalue weighted by atomic mass is 19.4. The zero-order chi connectivity index (χ0) is 26.7. The number of nitrogens with zero attached hydrogens (tertiary/aromatic N) is 2. The monoisotopic (exact) mass is 522 g/mol. The Kier molecular flexibility index (Phi) is 5.41. The Bertz CT molecular complexity index is 1250. The van der Waals surface area contributed by atoms with Crippen LogP contribution < -0.4 is 26.0 Å². The number of carbonyl (C=O) groups is 3. The summed E-state index contributed by atoms with van der Waals surface area (Å²) in [6.07, 6.45) is -4.80. The van der Waals surface area contributed by atoms with Gasteiger partial charge >= 0.3 is 6.36 Å². The zero-order valence-electron chi connectivity index (χ0n) is 18.9. The van der Waals surface area contributed by atoms with E-state index >= 15 is 0 Å². The van der Waals surface area contributed by atoms with Gasteiger partial charge in [0.2, 0.25) is 11.8 Å². The largest absolute Gasteiger partial charge is 0.573 e. The summed E-state index contributed by atoms with van der Waals surface area (Å²) in [5, 5.41) is 38.8. The number of halogens is 3. The number of guanidine groups is 2. The summed E-state index contributed by atoms with van der Waals surface area (Å²) < 4.78 is 41.5. The first kappa shape index (κ1) is 24.2. The maximum atomic E-state index is 12.8. The summed E-state index contributed by atoms with van der Waals surface area (Å²) >= 11 is 0. The molecule has 13 nitrogen and oxygen atoms in total. The molecule has 0 saturated carbocycles. The predicted octanol–water partition coefficient (Wildman–Crippen LogP) is -0.352. The van der Waals surface area contributed by atoms with E-state index in [4.69, 9.17) is 10.8 Å². The SMILES string of the molecule is N=C1NC2[C@H](CN3C(=O)CCC3=O)NC(=N)N3CC(NC(=O)c4cccc(OC(F)(F)F)c4)=C(O)C23N1. The van der Waals surface area contributed by atoms with Crippen molar-refractivity contribution in [3.05, 3.63) is 41.3 Å². The number of hydrogen-bond acceptors (Lipinski definition) is 7. The number of amides is 3. The van der Waals surface area contributed by atoms with Crippen molar-refractivity contribution in [1.82, 2.24) is 31.1 Å². The van der Waals surface area contributed by atoms with Crippen LogP contribution in [0.15, 0.2) is 35.7 Å². The Morgan fingerprint density at radius 2 is 1.92 bits per heavy atom. The van der Waals surface area contributed by atoms with Gasteiger partial charge in [0, 0.05) is 18.4 Å². The first-order valence-electron chi connectivity index (χ1n) is 11.1. The van der Waals surface area contributed by atoms with Crippen molar-refractivity contribution in [3.8, 4) is 5.75 Å². The Hall–Kier alpha value is -4.50. The van der Waals surface area contributed by atoms with Crippen LogP contribution in [0.4, 0.5) is 13.2 Å². The van der Waals surface area contributed by atoms with Gasteiger partial charge in [-0.05, 0) is 18.2 Å². The van der Waals surface area contributed by atoms with Gasteiger partial charge in [-0.15, -0.1) is 13.2 Å². The van der Waals surface area contributed by atoms with Gasteiger partial charge in [0.25, 0.3) is 5.91 Å². The van der Waals surface area contributed by atoms with E-state index in [9.17, 15) is 32.7 Å². The number of rotatable bonds is 5. The molecule has 3 saturated heterocycles. The first-order chi connectivity index (χ1) is 17.4. The van der Waals surface area contributed by atoms with Crippen LogP contribution in [-0.2, 0) is 9.59 Å². The summed E-state index contributed by atoms with van der Waals surface area (Å²) in [5.41, 5.74) is -1.83. The molecule has 1 spiro atoms. The highest BCUT2D eigenvalue weighted by molar-refractivity contribution is 6.02. The van der Waals surface area contributed by atoms with Gasteiger partial charge in [-0.25, -0.2) is 0 Å². The van der Waals surface area contributed by atoms with Gasteiger partial charge in [0.05, 0.1) is 24.8 Å². The normalized spacial score (nSPS) is 27.0. The Labute approximate surface area is 206 Å². The number of benzene rings is 1. The Morgan fingerprint density at radius 1 is 1.22 bits per heavy atom. The lowest BCUT2D eigenvalue weighted by molar-refractivity contribution is -0.274. The summed E-state index contributed by atoms with van der Waals surface area (Å²) in [7, 11) is 0. The lowest BCUT2D eigenvalue weighted by atomic mass is 9.90. The fourth-order valence-corrected chi connectivity index (χ4v) is 5.02. The number of hydrogen-bond donors (Lipinski definition) is 7. The number of imide groups is 1. The molecular weight excluding hydrogens is 501 g/mol. The van der Waals surface area contributed by atoms with Crippen LogP contribution in [0.2, 0.25) is 0 Å². The summed E-state index contributed by atoms with van der Waals surface area (Å²) in [4.78, 5) is 39.6. The Morgan fingerprint density at radius 3 is 2.59 bits per heavy atom. The average Bonchev–Trinajstić information content (AvgIpc) is 3.42. The van der Waals surface area contributed by atoms with Crippen molar-refractivity contribution in [3.63, 3.8) is 0 Å². The minimum atomic E-state index is -4.95. The van der Waals surface area contributed by atoms with Crippen LogP contribution in [-0.4, -0.2) is 81.7 Å². The molecule has 0 aromatic heterocycles. The van der Waals surface area contributed by atoms with Crippen molar-refractivity contribution >= 4 is 29.6 Å². The van der Waals surface area contributed by atoms with E-state index in [0.717, 1.165) is 17.0 Å². The molecule has 7 N–H and O–H groups in total. The lowest BCUT2D eigenvalue weighted by Crippen LogP contribution is -2.76. The molecule has 5 rings (SSSR count). The molecule has 3 fully saturated rings. The van der Waals surface area contributed by atoms with Crippen LogP contribution in [0.25, 0.3) is 0 Å². The fourth-order valence-electron chi connectivity index (χ4n) is 5.02. The van der Waals surface area contributed by atoms with E-state index < -0.39 is 41.5 Å². The predicted molar refractivity (Wildman–Crippen MR) is 118 cm³/mol. The quantitative estimate of drug-likeness (QED) is 0.254. The number of nitrogens with one attached hydrogen (secondary N) is 6. The van der Waals surface area contributed by atoms with Gasteiger partial charge < -0.3 is 36.0 Å². The molecule has 0 radical (unpaired) electrons. The number of likely N-dealkylation sites (tertiary alicyclic amines) is 1. The first-order valence-corrected chi connectivity index (χ1v) is 11.1. The van der Waals surface area contributed by atoms with E-state index in [-0.39, 0.29) is 60.9 Å². The van der Waals surface area contributed by atoms with Gasteiger partial charge in [-0.3, -0.25) is 30.1 Å². The highest BCUT2D eigenvalue weighted by Crippen LogP contribution is 2.39. The zero-order valence-corrected chi connectivity index (χ0v) is 18.9. The van der Waals surface area contributed by atoms with Crippen molar-refractivity contribution in [2.75, 3.05) is 13.1 Å². The number of ether oxygens (including phenoxy) is 1. The van der Waals surface area contributed by atoms with Crippen LogP contribution >= 0.6 is 0 Å². The molecule has 37 heavy (non-hydrogen) atoms. The summed E-state index contributed by atoms with van der Waals surface area (Å²) in [6, 6.07) is 2.74. The van der Waals surface area contributed by atoms with E-state index in [1.54, 1.807) is 0 Å². The topological polar surface area (TPSA) is 183 Å². The molecule has 196 valence electrons. The molecule has 0 aliphatic carbocycles. The molecule has 3 amide bonds. The second-order valence-corrected chi connectivity index (χ2v) is 8.83. The second kappa shape index (κ2) is 8.28. The fraction of sp³-hybridized carbons (Fsp3) is 0.381. The van der Waals surface area contributed by atoms with Crippen molar-refractivity contribution in [1.29, 1.82) is 10.8 Å². The lowest BCUT2D eigenvalue weighted by Gasteiger charge is -2.48. The van der Waals surface area contributed by atoms with E-state index in [1.165, 1.54) is 17.0 Å². The van der Waals surface area contributed by atoms with E-state index in [2.05, 4.69) is 26.0 Å². The molecule has 4 heterocycles. The van der Waals surface area contributed by atoms with Crippen LogP contribution in [0.1, 0.15) is 23.2 Å². The molecule has 4 aliphatic heterocycles. The minimum Gasteiger partial charge on any atom is -0.506 e. The molecular formula is C21H21F3N8O5. The molecule has 1 aromatic carbocycles. The standard InChI is InChI=1S/C21H21F3N8O5/c22-21(23,24)37-10-3-1-2-9(6-10)17(36)27-12-8-32-19(26)28-11(7-31-13(33)4-5-14(31)34)15-20(32,16(12)35)30-18(25)29-15/h1-3,6,11,15,35H,4-5,7-8H2,(H2,26,28)(H,27,36)(H3,25,29,30)/t11-,15?,20?/m0/s1. The van der Waals surface area contributed by atoms with Crippen molar-refractivity contribution in [2.24, 2.45) is 0 Å². The molecule has 3 atom stereocenters.